The van der Waals surface area contributed by atoms with Crippen LogP contribution in [0.3, 0.4) is 0 Å². The van der Waals surface area contributed by atoms with Crippen molar-refractivity contribution in [2.45, 2.75) is 20.3 Å². The van der Waals surface area contributed by atoms with Crippen LogP contribution < -0.4 is 0 Å². The van der Waals surface area contributed by atoms with Gasteiger partial charge in [-0.1, -0.05) is 17.9 Å². The third kappa shape index (κ3) is 4.37. The lowest BCUT2D eigenvalue weighted by Gasteiger charge is -2.20. The fraction of sp³-hybridized carbons (Fsp3) is 0.438. The molecule has 4 nitrogen and oxygen atoms in total. The lowest BCUT2D eigenvalue weighted by Crippen LogP contribution is -2.32. The molecule has 0 heterocycles. The van der Waals surface area contributed by atoms with Crippen LogP contribution in [-0.4, -0.2) is 47.3 Å². The molecule has 0 saturated heterocycles. The minimum atomic E-state index is -0.199. The third-order valence-electron chi connectivity index (χ3n) is 3.04. The number of hydrogen-bond acceptors (Lipinski definition) is 3. The SMILES string of the molecule is CCN(CCCO)C(=O)c1ccc(C)c(C#CCO)c1. The molecule has 2 N–H and O–H groups in total. The van der Waals surface area contributed by atoms with Crippen molar-refractivity contribution >= 4 is 5.91 Å². The highest BCUT2D eigenvalue weighted by Crippen LogP contribution is 2.12. The van der Waals surface area contributed by atoms with Gasteiger partial charge in [-0.3, -0.25) is 4.79 Å². The topological polar surface area (TPSA) is 60.8 Å². The molecule has 1 aromatic rings. The maximum Gasteiger partial charge on any atom is 0.253 e. The van der Waals surface area contributed by atoms with Crippen LogP contribution >= 0.6 is 0 Å². The molecule has 0 spiro atoms. The number of nitrogens with zero attached hydrogens (tertiary/aromatic N) is 1. The van der Waals surface area contributed by atoms with Crippen molar-refractivity contribution in [3.63, 3.8) is 0 Å². The van der Waals surface area contributed by atoms with E-state index in [1.54, 1.807) is 17.0 Å². The highest BCUT2D eigenvalue weighted by atomic mass is 16.3. The van der Waals surface area contributed by atoms with Crippen molar-refractivity contribution in [2.75, 3.05) is 26.3 Å². The van der Waals surface area contributed by atoms with Crippen LogP contribution in [0.4, 0.5) is 0 Å². The fourth-order valence-electron chi connectivity index (χ4n) is 1.87. The number of aliphatic hydroxyl groups excluding tert-OH is 2. The molecule has 0 aliphatic carbocycles. The summed E-state index contributed by atoms with van der Waals surface area (Å²) in [6.45, 7) is 4.84. The maximum atomic E-state index is 12.4. The monoisotopic (exact) mass is 275 g/mol. The van der Waals surface area contributed by atoms with Crippen LogP contribution in [0, 0.1) is 18.8 Å². The highest BCUT2D eigenvalue weighted by Gasteiger charge is 2.14. The predicted octanol–water partition coefficient (Wildman–Crippen LogP) is 1.18. The van der Waals surface area contributed by atoms with Gasteiger partial charge in [0, 0.05) is 30.8 Å². The average molecular weight is 275 g/mol. The molecule has 0 aromatic heterocycles. The summed E-state index contributed by atoms with van der Waals surface area (Å²) in [5.74, 6) is 5.38. The molecule has 0 bridgehead atoms. The van der Waals surface area contributed by atoms with Gasteiger partial charge < -0.3 is 15.1 Å². The second-order valence-corrected chi connectivity index (χ2v) is 4.45. The summed E-state index contributed by atoms with van der Waals surface area (Å²) >= 11 is 0. The molecule has 0 atom stereocenters. The highest BCUT2D eigenvalue weighted by molar-refractivity contribution is 5.94. The molecule has 20 heavy (non-hydrogen) atoms. The smallest absolute Gasteiger partial charge is 0.253 e. The number of carbonyl (C=O) groups excluding carboxylic acids is 1. The van der Waals surface area contributed by atoms with Gasteiger partial charge in [0.25, 0.3) is 5.91 Å². The Balaban J connectivity index is 2.97. The van der Waals surface area contributed by atoms with Crippen molar-refractivity contribution in [3.8, 4) is 11.8 Å². The Morgan fingerprint density at radius 2 is 2.10 bits per heavy atom. The van der Waals surface area contributed by atoms with E-state index in [1.165, 1.54) is 0 Å². The van der Waals surface area contributed by atoms with Crippen molar-refractivity contribution in [2.24, 2.45) is 0 Å². The molecule has 1 aromatic carbocycles. The number of carbonyl (C=O) groups is 1. The number of aryl methyl sites for hydroxylation is 1. The van der Waals surface area contributed by atoms with Crippen molar-refractivity contribution in [1.82, 2.24) is 4.90 Å². The van der Waals surface area contributed by atoms with E-state index >= 15 is 0 Å². The van der Waals surface area contributed by atoms with Gasteiger partial charge in [0.15, 0.2) is 0 Å². The van der Waals surface area contributed by atoms with Crippen LogP contribution in [-0.2, 0) is 0 Å². The van der Waals surface area contributed by atoms with Gasteiger partial charge >= 0.3 is 0 Å². The van der Waals surface area contributed by atoms with Crippen LogP contribution in [0.5, 0.6) is 0 Å². The third-order valence-corrected chi connectivity index (χ3v) is 3.04. The van der Waals surface area contributed by atoms with Crippen LogP contribution in [0.2, 0.25) is 0 Å². The molecule has 0 fully saturated rings. The van der Waals surface area contributed by atoms with E-state index in [0.29, 0.717) is 25.1 Å². The molecule has 108 valence electrons. The van der Waals surface area contributed by atoms with Gasteiger partial charge in [0.05, 0.1) is 0 Å². The average Bonchev–Trinajstić information content (AvgIpc) is 2.47. The van der Waals surface area contributed by atoms with Gasteiger partial charge in [-0.15, -0.1) is 0 Å². The number of amides is 1. The minimum absolute atomic E-state index is 0.0620. The Bertz CT molecular complexity index is 514. The van der Waals surface area contributed by atoms with Crippen molar-refractivity contribution in [1.29, 1.82) is 0 Å². The van der Waals surface area contributed by atoms with E-state index in [9.17, 15) is 4.79 Å². The van der Waals surface area contributed by atoms with Crippen LogP contribution in [0.1, 0.15) is 34.8 Å². The van der Waals surface area contributed by atoms with Gasteiger partial charge in [0.2, 0.25) is 0 Å². The zero-order valence-electron chi connectivity index (χ0n) is 12.0. The molecule has 1 rings (SSSR count). The van der Waals surface area contributed by atoms with Crippen LogP contribution in [0.25, 0.3) is 0 Å². The molecular formula is C16H21NO3. The first-order chi connectivity index (χ1) is 9.63. The summed E-state index contributed by atoms with van der Waals surface area (Å²) in [6, 6.07) is 5.39. The minimum Gasteiger partial charge on any atom is -0.396 e. The van der Waals surface area contributed by atoms with Crippen LogP contribution in [0.15, 0.2) is 18.2 Å². The Morgan fingerprint density at radius 1 is 1.35 bits per heavy atom. The van der Waals surface area contributed by atoms with E-state index in [2.05, 4.69) is 11.8 Å². The first kappa shape index (κ1) is 16.2. The normalized spacial score (nSPS) is 9.80. The zero-order chi connectivity index (χ0) is 15.0. The second kappa shape index (κ2) is 8.36. The standard InChI is InChI=1S/C16H21NO3/c1-3-17(9-5-11-19)16(20)15-8-7-13(2)14(12-15)6-4-10-18/h7-8,12,18-19H,3,5,9-11H2,1-2H3. The Labute approximate surface area is 120 Å². The van der Waals surface area contributed by atoms with Gasteiger partial charge in [-0.25, -0.2) is 0 Å². The predicted molar refractivity (Wildman–Crippen MR) is 78.4 cm³/mol. The van der Waals surface area contributed by atoms with Crippen molar-refractivity contribution in [3.05, 3.63) is 34.9 Å². The number of benzene rings is 1. The van der Waals surface area contributed by atoms with E-state index in [1.807, 2.05) is 19.9 Å². The van der Waals surface area contributed by atoms with E-state index < -0.39 is 0 Å². The van der Waals surface area contributed by atoms with E-state index in [4.69, 9.17) is 10.2 Å². The number of aliphatic hydroxyl groups is 2. The first-order valence-corrected chi connectivity index (χ1v) is 6.74. The molecule has 0 unspecified atom stereocenters. The van der Waals surface area contributed by atoms with E-state index in [0.717, 1.165) is 11.1 Å². The van der Waals surface area contributed by atoms with Gasteiger partial charge in [-0.2, -0.15) is 0 Å². The summed E-state index contributed by atoms with van der Waals surface area (Å²) in [5.41, 5.74) is 2.31. The fourth-order valence-corrected chi connectivity index (χ4v) is 1.87. The number of rotatable bonds is 5. The summed E-state index contributed by atoms with van der Waals surface area (Å²) in [7, 11) is 0. The quantitative estimate of drug-likeness (QED) is 0.793. The molecular weight excluding hydrogens is 254 g/mol. The van der Waals surface area contributed by atoms with E-state index in [-0.39, 0.29) is 19.1 Å². The largest absolute Gasteiger partial charge is 0.396 e. The Kier molecular flexibility index (Phi) is 6.78. The Morgan fingerprint density at radius 3 is 2.70 bits per heavy atom. The second-order valence-electron chi connectivity index (χ2n) is 4.45. The molecule has 1 amide bonds. The summed E-state index contributed by atoms with van der Waals surface area (Å²) in [5, 5.41) is 17.6. The molecule has 0 aliphatic heterocycles. The summed E-state index contributed by atoms with van der Waals surface area (Å²) < 4.78 is 0. The lowest BCUT2D eigenvalue weighted by molar-refractivity contribution is 0.0754. The first-order valence-electron chi connectivity index (χ1n) is 6.74. The van der Waals surface area contributed by atoms with Gasteiger partial charge in [0.1, 0.15) is 6.61 Å². The Hall–Kier alpha value is -1.83. The maximum absolute atomic E-state index is 12.4. The molecule has 0 saturated carbocycles. The summed E-state index contributed by atoms with van der Waals surface area (Å²) in [4.78, 5) is 14.1. The number of hydrogen-bond donors (Lipinski definition) is 2. The zero-order valence-corrected chi connectivity index (χ0v) is 12.0. The van der Waals surface area contributed by atoms with Gasteiger partial charge in [-0.05, 0) is 38.0 Å². The van der Waals surface area contributed by atoms with Crippen molar-refractivity contribution < 1.29 is 15.0 Å². The molecule has 0 aliphatic rings. The lowest BCUT2D eigenvalue weighted by atomic mass is 10.0. The molecule has 4 heteroatoms. The summed E-state index contributed by atoms with van der Waals surface area (Å²) in [6.07, 6.45) is 0.572. The molecule has 0 radical (unpaired) electrons.